The first-order chi connectivity index (χ1) is 8.58. The Morgan fingerprint density at radius 1 is 1.28 bits per heavy atom. The molecule has 0 saturated heterocycles. The third-order valence-corrected chi connectivity index (χ3v) is 2.71. The van der Waals surface area contributed by atoms with Crippen LogP contribution in [0, 0.1) is 13.8 Å². The van der Waals surface area contributed by atoms with Crippen LogP contribution >= 0.6 is 0 Å². The number of carbonyl (C=O) groups is 1. The van der Waals surface area contributed by atoms with Gasteiger partial charge in [0.05, 0.1) is 0 Å². The van der Waals surface area contributed by atoms with Gasteiger partial charge in [0.15, 0.2) is 0 Å². The number of aromatic nitrogens is 2. The molecule has 5 nitrogen and oxygen atoms in total. The van der Waals surface area contributed by atoms with Crippen molar-refractivity contribution in [2.45, 2.75) is 13.8 Å². The van der Waals surface area contributed by atoms with Gasteiger partial charge in [0, 0.05) is 11.9 Å². The third-order valence-electron chi connectivity index (χ3n) is 2.71. The summed E-state index contributed by atoms with van der Waals surface area (Å²) in [4.78, 5) is 18.4. The van der Waals surface area contributed by atoms with Crippen LogP contribution in [0.5, 0.6) is 0 Å². The Hall–Kier alpha value is -2.43. The van der Waals surface area contributed by atoms with Crippen molar-refractivity contribution in [3.8, 4) is 0 Å². The van der Waals surface area contributed by atoms with Crippen LogP contribution in [0.2, 0.25) is 0 Å². The molecule has 1 heterocycles. The summed E-state index contributed by atoms with van der Waals surface area (Å²) in [5, 5.41) is 11.9. The van der Waals surface area contributed by atoms with E-state index >= 15 is 0 Å². The monoisotopic (exact) mass is 243 g/mol. The van der Waals surface area contributed by atoms with E-state index in [-0.39, 0.29) is 5.82 Å². The molecule has 0 radical (unpaired) electrons. The first-order valence-electron chi connectivity index (χ1n) is 5.47. The fourth-order valence-corrected chi connectivity index (χ4v) is 1.56. The summed E-state index contributed by atoms with van der Waals surface area (Å²) in [5.74, 6) is -0.888. The molecule has 1 aromatic carbocycles. The number of nitrogens with one attached hydrogen (secondary N) is 1. The van der Waals surface area contributed by atoms with Gasteiger partial charge < -0.3 is 10.4 Å². The molecular formula is C13H13N3O2. The van der Waals surface area contributed by atoms with Crippen molar-refractivity contribution >= 4 is 17.5 Å². The van der Waals surface area contributed by atoms with Crippen molar-refractivity contribution in [2.75, 3.05) is 5.32 Å². The minimum Gasteiger partial charge on any atom is -0.475 e. The van der Waals surface area contributed by atoms with E-state index in [9.17, 15) is 4.79 Å². The van der Waals surface area contributed by atoms with Crippen LogP contribution in [0.1, 0.15) is 21.7 Å². The Balaban J connectivity index is 2.31. The van der Waals surface area contributed by atoms with E-state index in [4.69, 9.17) is 5.11 Å². The van der Waals surface area contributed by atoms with E-state index in [1.165, 1.54) is 6.20 Å². The maximum Gasteiger partial charge on any atom is 0.374 e. The van der Waals surface area contributed by atoms with Crippen molar-refractivity contribution in [3.63, 3.8) is 0 Å². The quantitative estimate of drug-likeness (QED) is 0.866. The maximum absolute atomic E-state index is 10.8. The van der Waals surface area contributed by atoms with Gasteiger partial charge in [-0.1, -0.05) is 12.1 Å². The molecule has 0 bridgehead atoms. The molecule has 0 aliphatic carbocycles. The van der Waals surface area contributed by atoms with Crippen LogP contribution in [0.25, 0.3) is 0 Å². The Morgan fingerprint density at radius 2 is 2.06 bits per heavy atom. The molecule has 0 aliphatic rings. The van der Waals surface area contributed by atoms with Gasteiger partial charge in [0.2, 0.25) is 5.82 Å². The number of nitrogens with zero attached hydrogens (tertiary/aromatic N) is 2. The number of aromatic carboxylic acids is 1. The number of carboxylic acid groups (broad SMARTS) is 1. The number of aryl methyl sites for hydroxylation is 1. The second-order valence-electron chi connectivity index (χ2n) is 3.94. The van der Waals surface area contributed by atoms with Crippen LogP contribution < -0.4 is 5.32 Å². The average Bonchev–Trinajstić information content (AvgIpc) is 2.35. The molecule has 2 aromatic rings. The number of benzene rings is 1. The van der Waals surface area contributed by atoms with E-state index < -0.39 is 5.97 Å². The van der Waals surface area contributed by atoms with Crippen molar-refractivity contribution in [1.29, 1.82) is 0 Å². The SMILES string of the molecule is Cc1cccc(Nc2ccnc(C(=O)O)n2)c1C. The van der Waals surface area contributed by atoms with Gasteiger partial charge in [-0.05, 0) is 37.1 Å². The molecule has 0 spiro atoms. The lowest BCUT2D eigenvalue weighted by atomic mass is 10.1. The molecule has 18 heavy (non-hydrogen) atoms. The number of hydrogen-bond donors (Lipinski definition) is 2. The molecule has 2 N–H and O–H groups in total. The molecule has 5 heteroatoms. The minimum absolute atomic E-state index is 0.217. The second kappa shape index (κ2) is 4.83. The maximum atomic E-state index is 10.8. The summed E-state index contributed by atoms with van der Waals surface area (Å²) < 4.78 is 0. The highest BCUT2D eigenvalue weighted by Crippen LogP contribution is 2.21. The lowest BCUT2D eigenvalue weighted by Gasteiger charge is -2.10. The van der Waals surface area contributed by atoms with Crippen molar-refractivity contribution in [2.24, 2.45) is 0 Å². The van der Waals surface area contributed by atoms with Crippen LogP contribution in [0.3, 0.4) is 0 Å². The largest absolute Gasteiger partial charge is 0.475 e. The highest BCUT2D eigenvalue weighted by molar-refractivity contribution is 5.83. The zero-order valence-corrected chi connectivity index (χ0v) is 10.1. The lowest BCUT2D eigenvalue weighted by molar-refractivity contribution is 0.0683. The molecule has 0 fully saturated rings. The van der Waals surface area contributed by atoms with E-state index in [0.717, 1.165) is 16.8 Å². The zero-order chi connectivity index (χ0) is 13.1. The summed E-state index contributed by atoms with van der Waals surface area (Å²) in [6.45, 7) is 4.01. The Labute approximate surface area is 105 Å². The van der Waals surface area contributed by atoms with Crippen LogP contribution in [0.4, 0.5) is 11.5 Å². The van der Waals surface area contributed by atoms with Gasteiger partial charge >= 0.3 is 5.97 Å². The number of hydrogen-bond acceptors (Lipinski definition) is 4. The smallest absolute Gasteiger partial charge is 0.374 e. The fraction of sp³-hybridized carbons (Fsp3) is 0.154. The van der Waals surface area contributed by atoms with Crippen molar-refractivity contribution in [3.05, 3.63) is 47.4 Å². The number of rotatable bonds is 3. The zero-order valence-electron chi connectivity index (χ0n) is 10.1. The minimum atomic E-state index is -1.14. The Bertz CT molecular complexity index is 597. The predicted octanol–water partition coefficient (Wildman–Crippen LogP) is 2.54. The van der Waals surface area contributed by atoms with Gasteiger partial charge in [-0.3, -0.25) is 0 Å². The van der Waals surface area contributed by atoms with Crippen molar-refractivity contribution in [1.82, 2.24) is 9.97 Å². The van der Waals surface area contributed by atoms with E-state index in [2.05, 4.69) is 15.3 Å². The number of carboxylic acids is 1. The summed E-state index contributed by atoms with van der Waals surface area (Å²) in [5.41, 5.74) is 3.17. The van der Waals surface area contributed by atoms with E-state index in [0.29, 0.717) is 5.82 Å². The van der Waals surface area contributed by atoms with Crippen LogP contribution in [-0.2, 0) is 0 Å². The molecule has 0 atom stereocenters. The Morgan fingerprint density at radius 3 is 2.78 bits per heavy atom. The van der Waals surface area contributed by atoms with Crippen molar-refractivity contribution < 1.29 is 9.90 Å². The average molecular weight is 243 g/mol. The second-order valence-corrected chi connectivity index (χ2v) is 3.94. The number of anilines is 2. The van der Waals surface area contributed by atoms with E-state index in [1.807, 2.05) is 32.0 Å². The molecule has 0 saturated carbocycles. The highest BCUT2D eigenvalue weighted by Gasteiger charge is 2.08. The first kappa shape index (κ1) is 12.0. The molecule has 0 aliphatic heterocycles. The van der Waals surface area contributed by atoms with Gasteiger partial charge in [0.25, 0.3) is 0 Å². The summed E-state index contributed by atoms with van der Waals surface area (Å²) in [7, 11) is 0. The fourth-order valence-electron chi connectivity index (χ4n) is 1.56. The van der Waals surface area contributed by atoms with Gasteiger partial charge in [0.1, 0.15) is 5.82 Å². The summed E-state index contributed by atoms with van der Waals surface area (Å²) >= 11 is 0. The summed E-state index contributed by atoms with van der Waals surface area (Å²) in [6, 6.07) is 7.51. The third kappa shape index (κ3) is 2.45. The Kier molecular flexibility index (Phi) is 3.23. The normalized spacial score (nSPS) is 10.1. The van der Waals surface area contributed by atoms with Gasteiger partial charge in [-0.15, -0.1) is 0 Å². The van der Waals surface area contributed by atoms with Crippen LogP contribution in [0.15, 0.2) is 30.5 Å². The highest BCUT2D eigenvalue weighted by atomic mass is 16.4. The molecule has 0 unspecified atom stereocenters. The lowest BCUT2D eigenvalue weighted by Crippen LogP contribution is -2.06. The first-order valence-corrected chi connectivity index (χ1v) is 5.47. The van der Waals surface area contributed by atoms with Crippen LogP contribution in [-0.4, -0.2) is 21.0 Å². The predicted molar refractivity (Wildman–Crippen MR) is 68.2 cm³/mol. The molecule has 92 valence electrons. The molecule has 0 amide bonds. The molecular weight excluding hydrogens is 230 g/mol. The summed E-state index contributed by atoms with van der Waals surface area (Å²) in [6.07, 6.45) is 1.42. The van der Waals surface area contributed by atoms with Gasteiger partial charge in [-0.25, -0.2) is 14.8 Å². The van der Waals surface area contributed by atoms with E-state index in [1.54, 1.807) is 6.07 Å². The topological polar surface area (TPSA) is 75.1 Å². The molecule has 2 rings (SSSR count). The van der Waals surface area contributed by atoms with Gasteiger partial charge in [-0.2, -0.15) is 0 Å². The standard InChI is InChI=1S/C13H13N3O2/c1-8-4-3-5-10(9(8)2)15-11-6-7-14-12(16-11)13(17)18/h3-7H,1-2H3,(H,17,18)(H,14,15,16). The molecule has 1 aromatic heterocycles.